The predicted octanol–water partition coefficient (Wildman–Crippen LogP) is 1.32. The summed E-state index contributed by atoms with van der Waals surface area (Å²) in [6.45, 7) is 2.61. The third kappa shape index (κ3) is 2.51. The van der Waals surface area contributed by atoms with Crippen LogP contribution in [0.25, 0.3) is 0 Å². The van der Waals surface area contributed by atoms with E-state index in [1.807, 2.05) is 25.1 Å². The molecule has 0 spiro atoms. The van der Waals surface area contributed by atoms with E-state index in [2.05, 4.69) is 0 Å². The number of hydrogen-bond acceptors (Lipinski definition) is 4. The molecule has 1 heterocycles. The van der Waals surface area contributed by atoms with Gasteiger partial charge in [0, 0.05) is 25.1 Å². The normalized spacial score (nSPS) is 22.7. The number of nitrogens with two attached hydrogens (primary N) is 1. The van der Waals surface area contributed by atoms with Gasteiger partial charge in [-0.05, 0) is 24.6 Å². The first kappa shape index (κ1) is 13.7. The van der Waals surface area contributed by atoms with Crippen molar-refractivity contribution in [1.29, 1.82) is 0 Å². The SMILES string of the molecule is CCN1C(=O)CC(N)C1c1cc(OC)cc(OC)c1. The van der Waals surface area contributed by atoms with Crippen molar-refractivity contribution in [3.8, 4) is 11.5 Å². The molecule has 0 radical (unpaired) electrons. The lowest BCUT2D eigenvalue weighted by Gasteiger charge is -2.26. The molecule has 19 heavy (non-hydrogen) atoms. The molecule has 1 aliphatic heterocycles. The van der Waals surface area contributed by atoms with Crippen molar-refractivity contribution in [3.05, 3.63) is 23.8 Å². The molecule has 1 fully saturated rings. The van der Waals surface area contributed by atoms with Gasteiger partial charge in [0.05, 0.1) is 20.3 Å². The van der Waals surface area contributed by atoms with Gasteiger partial charge in [-0.1, -0.05) is 0 Å². The minimum Gasteiger partial charge on any atom is -0.497 e. The van der Waals surface area contributed by atoms with Crippen molar-refractivity contribution in [2.75, 3.05) is 20.8 Å². The van der Waals surface area contributed by atoms with Crippen molar-refractivity contribution in [2.24, 2.45) is 5.73 Å². The van der Waals surface area contributed by atoms with E-state index in [0.29, 0.717) is 24.5 Å². The van der Waals surface area contributed by atoms with E-state index in [1.54, 1.807) is 19.1 Å². The van der Waals surface area contributed by atoms with Crippen LogP contribution in [-0.2, 0) is 4.79 Å². The number of carbonyl (C=O) groups excluding carboxylic acids is 1. The van der Waals surface area contributed by atoms with Crippen molar-refractivity contribution in [1.82, 2.24) is 4.90 Å². The number of amides is 1. The average Bonchev–Trinajstić information content (AvgIpc) is 2.71. The quantitative estimate of drug-likeness (QED) is 0.891. The standard InChI is InChI=1S/C14H20N2O3/c1-4-16-13(17)8-12(15)14(16)9-5-10(18-2)7-11(6-9)19-3/h5-7,12,14H,4,8,15H2,1-3H3. The average molecular weight is 264 g/mol. The lowest BCUT2D eigenvalue weighted by Crippen LogP contribution is -2.32. The summed E-state index contributed by atoms with van der Waals surface area (Å²) in [4.78, 5) is 13.7. The number of carbonyl (C=O) groups is 1. The summed E-state index contributed by atoms with van der Waals surface area (Å²) in [5, 5.41) is 0. The zero-order chi connectivity index (χ0) is 14.0. The van der Waals surface area contributed by atoms with Crippen LogP contribution in [0.2, 0.25) is 0 Å². The summed E-state index contributed by atoms with van der Waals surface area (Å²) in [5.74, 6) is 1.51. The van der Waals surface area contributed by atoms with Gasteiger partial charge >= 0.3 is 0 Å². The second-order valence-electron chi connectivity index (χ2n) is 4.64. The number of ether oxygens (including phenoxy) is 2. The summed E-state index contributed by atoms with van der Waals surface area (Å²) in [7, 11) is 3.21. The monoisotopic (exact) mass is 264 g/mol. The van der Waals surface area contributed by atoms with Crippen LogP contribution < -0.4 is 15.2 Å². The molecule has 1 aromatic carbocycles. The highest BCUT2D eigenvalue weighted by Crippen LogP contribution is 2.35. The van der Waals surface area contributed by atoms with Gasteiger partial charge in [-0.25, -0.2) is 0 Å². The van der Waals surface area contributed by atoms with Gasteiger partial charge in [0.1, 0.15) is 11.5 Å². The summed E-state index contributed by atoms with van der Waals surface area (Å²) in [5.41, 5.74) is 7.06. The lowest BCUT2D eigenvalue weighted by molar-refractivity contribution is -0.128. The maximum Gasteiger partial charge on any atom is 0.224 e. The van der Waals surface area contributed by atoms with Gasteiger partial charge in [0.2, 0.25) is 5.91 Å². The molecule has 5 heteroatoms. The number of nitrogens with zero attached hydrogens (tertiary/aromatic N) is 1. The minimum absolute atomic E-state index is 0.0989. The van der Waals surface area contributed by atoms with Crippen LogP contribution in [0.4, 0.5) is 0 Å². The second kappa shape index (κ2) is 5.48. The summed E-state index contributed by atoms with van der Waals surface area (Å²) in [6, 6.07) is 5.33. The van der Waals surface area contributed by atoms with E-state index in [4.69, 9.17) is 15.2 Å². The number of methoxy groups -OCH3 is 2. The predicted molar refractivity (Wildman–Crippen MR) is 72.3 cm³/mol. The van der Waals surface area contributed by atoms with E-state index in [1.165, 1.54) is 0 Å². The van der Waals surface area contributed by atoms with Crippen LogP contribution in [0.5, 0.6) is 11.5 Å². The topological polar surface area (TPSA) is 64.8 Å². The number of likely N-dealkylation sites (tertiary alicyclic amines) is 1. The van der Waals surface area contributed by atoms with E-state index in [-0.39, 0.29) is 18.0 Å². The first-order valence-corrected chi connectivity index (χ1v) is 6.38. The zero-order valence-corrected chi connectivity index (χ0v) is 11.6. The smallest absolute Gasteiger partial charge is 0.224 e. The molecular weight excluding hydrogens is 244 g/mol. The fraction of sp³-hybridized carbons (Fsp3) is 0.500. The van der Waals surface area contributed by atoms with Crippen LogP contribution in [-0.4, -0.2) is 37.6 Å². The molecule has 0 saturated carbocycles. The molecule has 1 aliphatic rings. The molecule has 104 valence electrons. The van der Waals surface area contributed by atoms with Gasteiger partial charge in [-0.2, -0.15) is 0 Å². The Morgan fingerprint density at radius 2 is 1.84 bits per heavy atom. The number of likely N-dealkylation sites (N-methyl/N-ethyl adjacent to an activating group) is 1. The molecule has 0 aliphatic carbocycles. The largest absolute Gasteiger partial charge is 0.497 e. The Kier molecular flexibility index (Phi) is 3.95. The highest BCUT2D eigenvalue weighted by molar-refractivity contribution is 5.80. The number of hydrogen-bond donors (Lipinski definition) is 1. The Hall–Kier alpha value is -1.75. The van der Waals surface area contributed by atoms with Crippen molar-refractivity contribution < 1.29 is 14.3 Å². The molecule has 2 rings (SSSR count). The van der Waals surface area contributed by atoms with Gasteiger partial charge in [-0.3, -0.25) is 4.79 Å². The Labute approximate surface area is 113 Å². The van der Waals surface area contributed by atoms with E-state index in [9.17, 15) is 4.79 Å². The Bertz CT molecular complexity index is 454. The maximum atomic E-state index is 11.9. The van der Waals surface area contributed by atoms with Gasteiger partial charge in [0.25, 0.3) is 0 Å². The molecule has 1 saturated heterocycles. The van der Waals surface area contributed by atoms with Crippen LogP contribution in [0, 0.1) is 0 Å². The number of benzene rings is 1. The maximum absolute atomic E-state index is 11.9. The van der Waals surface area contributed by atoms with E-state index >= 15 is 0 Å². The first-order valence-electron chi connectivity index (χ1n) is 6.38. The van der Waals surface area contributed by atoms with Crippen LogP contribution in [0.15, 0.2) is 18.2 Å². The highest BCUT2D eigenvalue weighted by Gasteiger charge is 2.37. The van der Waals surface area contributed by atoms with E-state index < -0.39 is 0 Å². The molecule has 0 bridgehead atoms. The fourth-order valence-electron chi connectivity index (χ4n) is 2.62. The summed E-state index contributed by atoms with van der Waals surface area (Å²) < 4.78 is 10.5. The van der Waals surface area contributed by atoms with Crippen molar-refractivity contribution >= 4 is 5.91 Å². The van der Waals surface area contributed by atoms with Crippen molar-refractivity contribution in [2.45, 2.75) is 25.4 Å². The molecular formula is C14H20N2O3. The van der Waals surface area contributed by atoms with Crippen LogP contribution >= 0.6 is 0 Å². The molecule has 2 atom stereocenters. The molecule has 2 unspecified atom stereocenters. The summed E-state index contributed by atoms with van der Waals surface area (Å²) in [6.07, 6.45) is 0.387. The molecule has 5 nitrogen and oxygen atoms in total. The van der Waals surface area contributed by atoms with Gasteiger partial charge in [0.15, 0.2) is 0 Å². The molecule has 0 aromatic heterocycles. The minimum atomic E-state index is -0.190. The second-order valence-corrected chi connectivity index (χ2v) is 4.64. The molecule has 2 N–H and O–H groups in total. The highest BCUT2D eigenvalue weighted by atomic mass is 16.5. The third-order valence-corrected chi connectivity index (χ3v) is 3.53. The summed E-state index contributed by atoms with van der Waals surface area (Å²) >= 11 is 0. The molecule has 1 aromatic rings. The van der Waals surface area contributed by atoms with E-state index in [0.717, 1.165) is 5.56 Å². The Balaban J connectivity index is 2.42. The third-order valence-electron chi connectivity index (χ3n) is 3.53. The van der Waals surface area contributed by atoms with Crippen LogP contribution in [0.3, 0.4) is 0 Å². The van der Waals surface area contributed by atoms with Crippen molar-refractivity contribution in [3.63, 3.8) is 0 Å². The first-order chi connectivity index (χ1) is 9.10. The lowest BCUT2D eigenvalue weighted by atomic mass is 10.00. The molecule has 1 amide bonds. The van der Waals surface area contributed by atoms with Gasteiger partial charge < -0.3 is 20.1 Å². The zero-order valence-electron chi connectivity index (χ0n) is 11.6. The number of rotatable bonds is 4. The Morgan fingerprint density at radius 1 is 1.26 bits per heavy atom. The Morgan fingerprint density at radius 3 is 2.32 bits per heavy atom. The van der Waals surface area contributed by atoms with Crippen LogP contribution in [0.1, 0.15) is 24.9 Å². The fourth-order valence-corrected chi connectivity index (χ4v) is 2.62. The van der Waals surface area contributed by atoms with Gasteiger partial charge in [-0.15, -0.1) is 0 Å².